The van der Waals surface area contributed by atoms with Crippen LogP contribution in [0.15, 0.2) is 93.4 Å². The number of carbonyl (C=O) groups is 2. The second-order valence-electron chi connectivity index (χ2n) is 10.5. The minimum absolute atomic E-state index is 0.0274. The summed E-state index contributed by atoms with van der Waals surface area (Å²) in [5, 5.41) is 6.49. The summed E-state index contributed by atoms with van der Waals surface area (Å²) in [6, 6.07) is 25.4. The number of nitrogens with zero attached hydrogens (tertiary/aromatic N) is 1. The van der Waals surface area contributed by atoms with E-state index >= 15 is 0 Å². The highest BCUT2D eigenvalue weighted by molar-refractivity contribution is 7.99. The van der Waals surface area contributed by atoms with Crippen LogP contribution in [-0.4, -0.2) is 28.7 Å². The standard InChI is InChI=1S/C17H14N2O2S.C15H23NO2/c1-19-15-5-3-2-4-14(15)16(10-17(19)21)22-13-8-6-12(7-9-13)18-11-20;1-11-6-8-13(9-7-11)10-12(2)16-14(17)18-15(3,4)5/h2-11H,1H3,(H,18,20);6-9,12H,10H2,1-5H3,(H,16,17). The van der Waals surface area contributed by atoms with Crippen molar-refractivity contribution in [2.24, 2.45) is 7.05 Å². The molecule has 7 nitrogen and oxygen atoms in total. The minimum atomic E-state index is -0.451. The fraction of sp³-hybridized carbons (Fsp3) is 0.281. The van der Waals surface area contributed by atoms with Crippen LogP contribution in [0, 0.1) is 6.92 Å². The summed E-state index contributed by atoms with van der Waals surface area (Å²) in [6.45, 7) is 9.61. The summed E-state index contributed by atoms with van der Waals surface area (Å²) >= 11 is 1.54. The predicted molar refractivity (Wildman–Crippen MR) is 163 cm³/mol. The van der Waals surface area contributed by atoms with E-state index in [2.05, 4.69) is 41.8 Å². The number of fused-ring (bicyclic) bond motifs is 1. The number of alkyl carbamates (subject to hydrolysis) is 1. The lowest BCUT2D eigenvalue weighted by Gasteiger charge is -2.22. The molecule has 2 N–H and O–H groups in total. The molecule has 40 heavy (non-hydrogen) atoms. The quantitative estimate of drug-likeness (QED) is 0.246. The maximum atomic E-state index is 12.1. The second-order valence-corrected chi connectivity index (χ2v) is 11.7. The molecule has 210 valence electrons. The zero-order valence-electron chi connectivity index (χ0n) is 23.9. The Labute approximate surface area is 239 Å². The van der Waals surface area contributed by atoms with Gasteiger partial charge in [0.15, 0.2) is 0 Å². The lowest BCUT2D eigenvalue weighted by atomic mass is 10.1. The maximum Gasteiger partial charge on any atom is 0.407 e. The van der Waals surface area contributed by atoms with Gasteiger partial charge in [0.1, 0.15) is 5.60 Å². The first-order chi connectivity index (χ1) is 18.9. The second kappa shape index (κ2) is 13.8. The molecule has 1 atom stereocenters. The first kappa shape index (κ1) is 30.5. The van der Waals surface area contributed by atoms with Gasteiger partial charge in [-0.25, -0.2) is 4.79 Å². The Balaban J connectivity index is 0.000000226. The van der Waals surface area contributed by atoms with Crippen LogP contribution in [0.4, 0.5) is 10.5 Å². The van der Waals surface area contributed by atoms with Gasteiger partial charge < -0.3 is 19.9 Å². The Morgan fingerprint density at radius 2 is 1.68 bits per heavy atom. The van der Waals surface area contributed by atoms with E-state index in [0.717, 1.165) is 32.8 Å². The zero-order chi connectivity index (χ0) is 29.3. The van der Waals surface area contributed by atoms with Crippen LogP contribution in [0.5, 0.6) is 0 Å². The molecule has 0 fully saturated rings. The lowest BCUT2D eigenvalue weighted by molar-refractivity contribution is -0.105. The van der Waals surface area contributed by atoms with Crippen molar-refractivity contribution in [2.45, 2.75) is 62.5 Å². The van der Waals surface area contributed by atoms with Gasteiger partial charge in [-0.15, -0.1) is 0 Å². The highest BCUT2D eigenvalue weighted by atomic mass is 32.2. The molecule has 0 aliphatic rings. The van der Waals surface area contributed by atoms with Gasteiger partial charge in [-0.1, -0.05) is 59.8 Å². The number of anilines is 1. The molecule has 0 saturated heterocycles. The van der Waals surface area contributed by atoms with Crippen molar-refractivity contribution < 1.29 is 14.3 Å². The molecular formula is C32H37N3O4S. The van der Waals surface area contributed by atoms with Crippen LogP contribution < -0.4 is 16.2 Å². The van der Waals surface area contributed by atoms with Crippen LogP contribution in [-0.2, 0) is 23.0 Å². The number of hydrogen-bond donors (Lipinski definition) is 2. The molecule has 4 rings (SSSR count). The smallest absolute Gasteiger partial charge is 0.407 e. The van der Waals surface area contributed by atoms with Gasteiger partial charge >= 0.3 is 6.09 Å². The van der Waals surface area contributed by atoms with Crippen LogP contribution in [0.3, 0.4) is 0 Å². The number of ether oxygens (including phenoxy) is 1. The molecule has 0 spiro atoms. The summed E-state index contributed by atoms with van der Waals surface area (Å²) in [4.78, 5) is 36.0. The number of para-hydroxylation sites is 1. The van der Waals surface area contributed by atoms with E-state index in [1.54, 1.807) is 17.7 Å². The van der Waals surface area contributed by atoms with Gasteiger partial charge in [0.05, 0.1) is 5.52 Å². The molecule has 2 amide bonds. The third kappa shape index (κ3) is 9.31. The maximum absolute atomic E-state index is 12.1. The number of rotatable bonds is 7. The van der Waals surface area contributed by atoms with E-state index in [-0.39, 0.29) is 17.7 Å². The molecule has 3 aromatic carbocycles. The molecule has 0 saturated carbocycles. The molecule has 1 heterocycles. The summed E-state index contributed by atoms with van der Waals surface area (Å²) in [5.74, 6) is 0. The monoisotopic (exact) mass is 559 g/mol. The van der Waals surface area contributed by atoms with Crippen molar-refractivity contribution in [1.82, 2.24) is 9.88 Å². The SMILES string of the molecule is Cc1ccc(CC(C)NC(=O)OC(C)(C)C)cc1.Cn1c(=O)cc(Sc2ccc(NC=O)cc2)c2ccccc21. The number of aromatic nitrogens is 1. The van der Waals surface area contributed by atoms with Crippen LogP contribution in [0.1, 0.15) is 38.8 Å². The highest BCUT2D eigenvalue weighted by Gasteiger charge is 2.17. The van der Waals surface area contributed by atoms with Gasteiger partial charge in [-0.3, -0.25) is 9.59 Å². The van der Waals surface area contributed by atoms with Crippen molar-refractivity contribution in [3.05, 3.63) is 100 Å². The van der Waals surface area contributed by atoms with Crippen molar-refractivity contribution in [3.8, 4) is 0 Å². The number of benzene rings is 3. The number of aryl methyl sites for hydroxylation is 2. The Hall–Kier alpha value is -4.04. The Kier molecular flexibility index (Phi) is 10.6. The molecule has 8 heteroatoms. The molecule has 1 unspecified atom stereocenters. The third-order valence-corrected chi connectivity index (χ3v) is 6.91. The average molecular weight is 560 g/mol. The Bertz CT molecular complexity index is 1490. The highest BCUT2D eigenvalue weighted by Crippen LogP contribution is 2.32. The first-order valence-corrected chi connectivity index (χ1v) is 13.9. The molecule has 0 aliphatic heterocycles. The number of pyridine rings is 1. The molecule has 0 radical (unpaired) electrons. The lowest BCUT2D eigenvalue weighted by Crippen LogP contribution is -2.38. The number of nitrogens with one attached hydrogen (secondary N) is 2. The van der Waals surface area contributed by atoms with Crippen molar-refractivity contribution in [3.63, 3.8) is 0 Å². The van der Waals surface area contributed by atoms with Gasteiger partial charge in [0, 0.05) is 40.0 Å². The van der Waals surface area contributed by atoms with E-state index in [1.807, 2.05) is 76.2 Å². The van der Waals surface area contributed by atoms with Crippen molar-refractivity contribution in [1.29, 1.82) is 0 Å². The van der Waals surface area contributed by atoms with E-state index in [1.165, 1.54) is 22.9 Å². The van der Waals surface area contributed by atoms with Gasteiger partial charge in [-0.05, 0) is 76.9 Å². The first-order valence-electron chi connectivity index (χ1n) is 13.1. The molecule has 0 bridgehead atoms. The van der Waals surface area contributed by atoms with E-state index in [4.69, 9.17) is 4.74 Å². The summed E-state index contributed by atoms with van der Waals surface area (Å²) < 4.78 is 6.86. The average Bonchev–Trinajstić information content (AvgIpc) is 2.89. The molecule has 0 aliphatic carbocycles. The molecular weight excluding hydrogens is 522 g/mol. The predicted octanol–water partition coefficient (Wildman–Crippen LogP) is 6.71. The largest absolute Gasteiger partial charge is 0.444 e. The molecule has 1 aromatic heterocycles. The third-order valence-electron chi connectivity index (χ3n) is 5.85. The van der Waals surface area contributed by atoms with Crippen molar-refractivity contribution in [2.75, 3.05) is 5.32 Å². The van der Waals surface area contributed by atoms with Crippen LogP contribution >= 0.6 is 11.8 Å². The fourth-order valence-electron chi connectivity index (χ4n) is 3.92. The normalized spacial score (nSPS) is 11.7. The van der Waals surface area contributed by atoms with Crippen LogP contribution in [0.25, 0.3) is 10.9 Å². The van der Waals surface area contributed by atoms with Gasteiger partial charge in [0.2, 0.25) is 6.41 Å². The Morgan fingerprint density at radius 1 is 1.02 bits per heavy atom. The number of carbonyl (C=O) groups excluding carboxylic acids is 2. The van der Waals surface area contributed by atoms with Gasteiger partial charge in [-0.2, -0.15) is 0 Å². The fourth-order valence-corrected chi connectivity index (χ4v) is 4.88. The topological polar surface area (TPSA) is 89.4 Å². The number of hydrogen-bond acceptors (Lipinski definition) is 5. The Morgan fingerprint density at radius 3 is 2.30 bits per heavy atom. The zero-order valence-corrected chi connectivity index (χ0v) is 24.7. The van der Waals surface area contributed by atoms with Gasteiger partial charge in [0.25, 0.3) is 5.56 Å². The molecule has 4 aromatic rings. The van der Waals surface area contributed by atoms with E-state index < -0.39 is 5.60 Å². The summed E-state index contributed by atoms with van der Waals surface area (Å²) in [5.41, 5.74) is 3.63. The minimum Gasteiger partial charge on any atom is -0.444 e. The van der Waals surface area contributed by atoms with Crippen LogP contribution in [0.2, 0.25) is 0 Å². The van der Waals surface area contributed by atoms with E-state index in [9.17, 15) is 14.4 Å². The van der Waals surface area contributed by atoms with E-state index in [0.29, 0.717) is 6.41 Å². The summed E-state index contributed by atoms with van der Waals surface area (Å²) in [6.07, 6.45) is 1.10. The number of amides is 2. The summed E-state index contributed by atoms with van der Waals surface area (Å²) in [7, 11) is 1.78. The van der Waals surface area contributed by atoms with Crippen molar-refractivity contribution >= 4 is 40.9 Å².